The monoisotopic (exact) mass is 400 g/mol. The van der Waals surface area contributed by atoms with Gasteiger partial charge < -0.3 is 9.64 Å². The lowest BCUT2D eigenvalue weighted by molar-refractivity contribution is -0.139. The average Bonchev–Trinajstić information content (AvgIpc) is 3.30. The molecule has 0 unspecified atom stereocenters. The summed E-state index contributed by atoms with van der Waals surface area (Å²) in [6, 6.07) is 12.4. The Morgan fingerprint density at radius 3 is 2.68 bits per heavy atom. The number of fused-ring (bicyclic) bond motifs is 1. The molecule has 28 heavy (non-hydrogen) atoms. The van der Waals surface area contributed by atoms with E-state index < -0.39 is 21.8 Å². The van der Waals surface area contributed by atoms with Crippen molar-refractivity contribution in [2.45, 2.75) is 49.4 Å². The van der Waals surface area contributed by atoms with Gasteiger partial charge in [0.25, 0.3) is 0 Å². The Hall–Kier alpha value is -1.96. The molecular formula is C21H24N2O4S. The third-order valence-electron chi connectivity index (χ3n) is 6.54. The maximum Gasteiger partial charge on any atom is 0.244 e. The smallest absolute Gasteiger partial charge is 0.244 e. The Morgan fingerprint density at radius 2 is 1.89 bits per heavy atom. The fourth-order valence-electron chi connectivity index (χ4n) is 5.17. The van der Waals surface area contributed by atoms with Crippen LogP contribution in [0.5, 0.6) is 0 Å². The molecule has 0 saturated carbocycles. The molecule has 148 valence electrons. The van der Waals surface area contributed by atoms with Crippen LogP contribution in [0, 0.1) is 5.92 Å². The number of amides is 1. The highest BCUT2D eigenvalue weighted by atomic mass is 32.2. The Labute approximate surface area is 165 Å². The number of carbonyl (C=O) groups is 1. The summed E-state index contributed by atoms with van der Waals surface area (Å²) in [5.74, 6) is 0.268. The van der Waals surface area contributed by atoms with Gasteiger partial charge in [0.2, 0.25) is 15.9 Å². The molecule has 1 spiro atoms. The first-order valence-corrected chi connectivity index (χ1v) is 11.3. The molecule has 3 aliphatic heterocycles. The molecular weight excluding hydrogens is 376 g/mol. The topological polar surface area (TPSA) is 66.9 Å². The summed E-state index contributed by atoms with van der Waals surface area (Å²) in [5, 5.41) is 1.60. The second kappa shape index (κ2) is 6.02. The fraction of sp³-hybridized carbons (Fsp3) is 0.476. The highest BCUT2D eigenvalue weighted by Crippen LogP contribution is 2.50. The number of hydrogen-bond donors (Lipinski definition) is 0. The van der Waals surface area contributed by atoms with Crippen LogP contribution < -0.4 is 0 Å². The number of rotatable bonds is 3. The fourth-order valence-corrected chi connectivity index (χ4v) is 7.04. The van der Waals surface area contributed by atoms with E-state index in [9.17, 15) is 13.2 Å². The van der Waals surface area contributed by atoms with Gasteiger partial charge in [-0.25, -0.2) is 8.42 Å². The van der Waals surface area contributed by atoms with Crippen LogP contribution in [0.2, 0.25) is 0 Å². The van der Waals surface area contributed by atoms with Gasteiger partial charge in [0.15, 0.2) is 5.72 Å². The molecule has 3 saturated heterocycles. The van der Waals surface area contributed by atoms with Gasteiger partial charge in [0.1, 0.15) is 0 Å². The standard InChI is InChI=1S/C21H24N2O4S/c1-14(2)17-13-27-21-10-11-22(19(21)12-20(24)23(17)21)28(25,26)18-9-5-7-15-6-3-4-8-16(15)18/h3-9,14,17,19H,10-13H2,1-2H3/t17-,19+,21-/m0/s1. The Balaban J connectivity index is 1.58. The van der Waals surface area contributed by atoms with Gasteiger partial charge in [-0.2, -0.15) is 4.31 Å². The summed E-state index contributed by atoms with van der Waals surface area (Å²) < 4.78 is 35.0. The zero-order chi connectivity index (χ0) is 19.7. The summed E-state index contributed by atoms with van der Waals surface area (Å²) >= 11 is 0. The van der Waals surface area contributed by atoms with Crippen LogP contribution in [-0.2, 0) is 19.6 Å². The second-order valence-electron chi connectivity index (χ2n) is 8.29. The maximum atomic E-state index is 13.6. The lowest BCUT2D eigenvalue weighted by Crippen LogP contribution is -2.51. The lowest BCUT2D eigenvalue weighted by Gasteiger charge is -2.34. The molecule has 0 aliphatic carbocycles. The van der Waals surface area contributed by atoms with Crippen molar-refractivity contribution in [3.05, 3.63) is 42.5 Å². The van der Waals surface area contributed by atoms with E-state index >= 15 is 0 Å². The molecule has 0 radical (unpaired) electrons. The van der Waals surface area contributed by atoms with Gasteiger partial charge in [0, 0.05) is 24.8 Å². The van der Waals surface area contributed by atoms with Crippen LogP contribution in [0.3, 0.4) is 0 Å². The highest BCUT2D eigenvalue weighted by Gasteiger charge is 2.66. The average molecular weight is 401 g/mol. The molecule has 7 heteroatoms. The van der Waals surface area contributed by atoms with Crippen LogP contribution in [0.1, 0.15) is 26.7 Å². The number of carbonyl (C=O) groups excluding carboxylic acids is 1. The zero-order valence-corrected chi connectivity index (χ0v) is 16.9. The van der Waals surface area contributed by atoms with Crippen LogP contribution in [0.25, 0.3) is 10.8 Å². The first kappa shape index (κ1) is 18.1. The van der Waals surface area contributed by atoms with E-state index in [0.717, 1.165) is 5.39 Å². The van der Waals surface area contributed by atoms with Crippen molar-refractivity contribution in [3.8, 4) is 0 Å². The van der Waals surface area contributed by atoms with Crippen molar-refractivity contribution in [3.63, 3.8) is 0 Å². The molecule has 3 aliphatic rings. The van der Waals surface area contributed by atoms with Crippen LogP contribution in [-0.4, -0.2) is 54.5 Å². The van der Waals surface area contributed by atoms with Gasteiger partial charge >= 0.3 is 0 Å². The number of ether oxygens (including phenoxy) is 1. The number of hydrogen-bond acceptors (Lipinski definition) is 4. The molecule has 1 amide bonds. The van der Waals surface area contributed by atoms with Crippen molar-refractivity contribution < 1.29 is 17.9 Å². The summed E-state index contributed by atoms with van der Waals surface area (Å²) in [7, 11) is -3.75. The van der Waals surface area contributed by atoms with E-state index in [4.69, 9.17) is 4.74 Å². The van der Waals surface area contributed by atoms with E-state index in [-0.39, 0.29) is 24.3 Å². The Bertz CT molecular complexity index is 1060. The van der Waals surface area contributed by atoms with Crippen molar-refractivity contribution >= 4 is 26.7 Å². The molecule has 0 N–H and O–H groups in total. The third kappa shape index (κ3) is 2.27. The van der Waals surface area contributed by atoms with Gasteiger partial charge in [-0.3, -0.25) is 4.79 Å². The molecule has 3 fully saturated rings. The first-order valence-electron chi connectivity index (χ1n) is 9.82. The predicted molar refractivity (Wildman–Crippen MR) is 105 cm³/mol. The predicted octanol–water partition coefficient (Wildman–Crippen LogP) is 2.59. The Morgan fingerprint density at radius 1 is 1.14 bits per heavy atom. The molecule has 3 heterocycles. The van der Waals surface area contributed by atoms with Gasteiger partial charge in [-0.05, 0) is 17.4 Å². The summed E-state index contributed by atoms with van der Waals surface area (Å²) in [6.07, 6.45) is 0.712. The summed E-state index contributed by atoms with van der Waals surface area (Å²) in [6.45, 7) is 4.99. The summed E-state index contributed by atoms with van der Waals surface area (Å²) in [5.41, 5.74) is -0.802. The van der Waals surface area contributed by atoms with Crippen LogP contribution in [0.15, 0.2) is 47.4 Å². The quantitative estimate of drug-likeness (QED) is 0.794. The molecule has 0 aromatic heterocycles. The highest BCUT2D eigenvalue weighted by molar-refractivity contribution is 7.89. The third-order valence-corrected chi connectivity index (χ3v) is 8.51. The minimum absolute atomic E-state index is 0.000908. The van der Waals surface area contributed by atoms with Gasteiger partial charge in [-0.1, -0.05) is 50.2 Å². The van der Waals surface area contributed by atoms with E-state index in [1.54, 1.807) is 12.1 Å². The van der Waals surface area contributed by atoms with Gasteiger partial charge in [0.05, 0.1) is 23.6 Å². The lowest BCUT2D eigenvalue weighted by atomic mass is 10.0. The number of sulfonamides is 1. The summed E-state index contributed by atoms with van der Waals surface area (Å²) in [4.78, 5) is 15.0. The minimum atomic E-state index is -3.75. The normalized spacial score (nSPS) is 30.4. The molecule has 2 aromatic rings. The van der Waals surface area contributed by atoms with Gasteiger partial charge in [-0.15, -0.1) is 0 Å². The first-order chi connectivity index (χ1) is 13.4. The largest absolute Gasteiger partial charge is 0.352 e. The SMILES string of the molecule is CC(C)[C@@H]1CO[C@@]23CCN(S(=O)(=O)c4cccc5ccccc45)[C@@H]2CC(=O)N13. The van der Waals surface area contributed by atoms with E-state index in [2.05, 4.69) is 13.8 Å². The second-order valence-corrected chi connectivity index (χ2v) is 10.2. The van der Waals surface area contributed by atoms with Crippen molar-refractivity contribution in [2.24, 2.45) is 5.92 Å². The van der Waals surface area contributed by atoms with Crippen molar-refractivity contribution in [1.29, 1.82) is 0 Å². The van der Waals surface area contributed by atoms with Crippen LogP contribution >= 0.6 is 0 Å². The maximum absolute atomic E-state index is 13.6. The molecule has 2 aromatic carbocycles. The van der Waals surface area contributed by atoms with Crippen LogP contribution in [0.4, 0.5) is 0 Å². The van der Waals surface area contributed by atoms with E-state index in [0.29, 0.717) is 29.9 Å². The van der Waals surface area contributed by atoms with Crippen molar-refractivity contribution in [1.82, 2.24) is 9.21 Å². The zero-order valence-electron chi connectivity index (χ0n) is 16.0. The molecule has 3 atom stereocenters. The van der Waals surface area contributed by atoms with E-state index in [1.165, 1.54) is 4.31 Å². The van der Waals surface area contributed by atoms with Crippen molar-refractivity contribution in [2.75, 3.05) is 13.2 Å². The molecule has 5 rings (SSSR count). The minimum Gasteiger partial charge on any atom is -0.352 e. The molecule has 6 nitrogen and oxygen atoms in total. The Kier molecular flexibility index (Phi) is 3.89. The molecule has 0 bridgehead atoms. The van der Waals surface area contributed by atoms with E-state index in [1.807, 2.05) is 35.2 Å². The number of benzene rings is 2. The number of nitrogens with zero attached hydrogens (tertiary/aromatic N) is 2.